The van der Waals surface area contributed by atoms with Crippen molar-refractivity contribution in [1.82, 2.24) is 29.1 Å². The van der Waals surface area contributed by atoms with Gasteiger partial charge in [-0.1, -0.05) is 11.6 Å². The first kappa shape index (κ1) is 16.9. The van der Waals surface area contributed by atoms with E-state index >= 15 is 0 Å². The van der Waals surface area contributed by atoms with Crippen LogP contribution in [0.3, 0.4) is 0 Å². The molecule has 0 spiro atoms. The Labute approximate surface area is 164 Å². The zero-order valence-electron chi connectivity index (χ0n) is 15.4. The minimum Gasteiger partial charge on any atom is -0.361 e. The lowest BCUT2D eigenvalue weighted by molar-refractivity contribution is 0.675. The summed E-state index contributed by atoms with van der Waals surface area (Å²) in [5.41, 5.74) is 3.47. The van der Waals surface area contributed by atoms with E-state index in [1.807, 2.05) is 50.5 Å². The van der Waals surface area contributed by atoms with E-state index in [-0.39, 0.29) is 5.56 Å². The number of rotatable bonds is 3. The van der Waals surface area contributed by atoms with Gasteiger partial charge in [-0.25, -0.2) is 4.98 Å². The van der Waals surface area contributed by atoms with E-state index in [4.69, 9.17) is 11.6 Å². The van der Waals surface area contributed by atoms with Gasteiger partial charge in [-0.15, -0.1) is 5.10 Å². The van der Waals surface area contributed by atoms with Gasteiger partial charge in [0.25, 0.3) is 11.3 Å². The van der Waals surface area contributed by atoms with Gasteiger partial charge in [-0.3, -0.25) is 4.79 Å². The summed E-state index contributed by atoms with van der Waals surface area (Å²) in [5, 5.41) is 6.71. The van der Waals surface area contributed by atoms with Gasteiger partial charge in [-0.2, -0.15) is 9.50 Å². The predicted molar refractivity (Wildman–Crippen MR) is 109 cm³/mol. The summed E-state index contributed by atoms with van der Waals surface area (Å²) in [5.74, 6) is 1.14. The summed E-state index contributed by atoms with van der Waals surface area (Å²) < 4.78 is 3.35. The highest BCUT2D eigenvalue weighted by molar-refractivity contribution is 6.31. The van der Waals surface area contributed by atoms with Gasteiger partial charge in [0.15, 0.2) is 0 Å². The fourth-order valence-electron chi connectivity index (χ4n) is 3.70. The molecule has 0 fully saturated rings. The largest absolute Gasteiger partial charge is 0.361 e. The molecule has 4 heterocycles. The Kier molecular flexibility index (Phi) is 3.73. The molecule has 140 valence electrons. The Bertz CT molecular complexity index is 1430. The molecule has 0 aliphatic carbocycles. The quantitative estimate of drug-likeness (QED) is 0.510. The number of fused-ring (bicyclic) bond motifs is 4. The maximum absolute atomic E-state index is 13.1. The number of aromatic nitrogens is 6. The highest BCUT2D eigenvalue weighted by atomic mass is 35.5. The van der Waals surface area contributed by atoms with Gasteiger partial charge in [0.1, 0.15) is 5.82 Å². The molecule has 4 aromatic heterocycles. The molecule has 7 nitrogen and oxygen atoms in total. The lowest BCUT2D eigenvalue weighted by Gasteiger charge is -2.09. The van der Waals surface area contributed by atoms with Crippen LogP contribution in [0.5, 0.6) is 0 Å². The first-order valence-electron chi connectivity index (χ1n) is 9.00. The molecule has 0 saturated carbocycles. The molecule has 0 saturated heterocycles. The highest BCUT2D eigenvalue weighted by Gasteiger charge is 2.14. The molecule has 0 aliphatic heterocycles. The van der Waals surface area contributed by atoms with Crippen molar-refractivity contribution in [3.63, 3.8) is 0 Å². The van der Waals surface area contributed by atoms with E-state index in [2.05, 4.69) is 20.1 Å². The third-order valence-corrected chi connectivity index (χ3v) is 5.28. The van der Waals surface area contributed by atoms with E-state index in [0.29, 0.717) is 40.7 Å². The van der Waals surface area contributed by atoms with Crippen LogP contribution in [0, 0.1) is 13.8 Å². The van der Waals surface area contributed by atoms with Crippen molar-refractivity contribution in [2.75, 3.05) is 0 Å². The minimum absolute atomic E-state index is 0.0737. The van der Waals surface area contributed by atoms with Crippen LogP contribution >= 0.6 is 11.6 Å². The van der Waals surface area contributed by atoms with Gasteiger partial charge >= 0.3 is 0 Å². The third kappa shape index (κ3) is 2.58. The molecule has 1 aromatic carbocycles. The fourth-order valence-corrected chi connectivity index (χ4v) is 3.87. The van der Waals surface area contributed by atoms with Crippen LogP contribution in [0.15, 0.2) is 41.5 Å². The number of hydrogen-bond acceptors (Lipinski definition) is 4. The average Bonchev–Trinajstić information content (AvgIpc) is 3.23. The molecule has 8 heteroatoms. The van der Waals surface area contributed by atoms with Gasteiger partial charge in [0.05, 0.1) is 16.6 Å². The zero-order valence-corrected chi connectivity index (χ0v) is 16.2. The number of nitrogens with one attached hydrogen (secondary N) is 1. The number of nitrogens with zero attached hydrogens (tertiary/aromatic N) is 5. The second-order valence-electron chi connectivity index (χ2n) is 6.90. The van der Waals surface area contributed by atoms with Gasteiger partial charge < -0.3 is 9.55 Å². The van der Waals surface area contributed by atoms with Crippen LogP contribution < -0.4 is 5.56 Å². The van der Waals surface area contributed by atoms with Crippen molar-refractivity contribution < 1.29 is 0 Å². The lowest BCUT2D eigenvalue weighted by Crippen LogP contribution is -2.22. The van der Waals surface area contributed by atoms with E-state index in [9.17, 15) is 4.79 Å². The second-order valence-corrected chi connectivity index (χ2v) is 7.33. The van der Waals surface area contributed by atoms with Crippen LogP contribution in [-0.2, 0) is 13.0 Å². The molecule has 5 rings (SSSR count). The van der Waals surface area contributed by atoms with Crippen LogP contribution in [0.25, 0.3) is 27.6 Å². The summed E-state index contributed by atoms with van der Waals surface area (Å²) in [6, 6.07) is 7.67. The number of halogens is 1. The summed E-state index contributed by atoms with van der Waals surface area (Å²) in [4.78, 5) is 25.1. The van der Waals surface area contributed by atoms with Gasteiger partial charge in [0, 0.05) is 34.9 Å². The first-order valence-corrected chi connectivity index (χ1v) is 9.38. The SMILES string of the molecule is Cc1nc2nc(C)c3c(=O)n(CCc4c[nH]c5ccc(Cl)cc45)ccc3n2n1. The van der Waals surface area contributed by atoms with Crippen molar-refractivity contribution in [2.24, 2.45) is 0 Å². The van der Waals surface area contributed by atoms with Crippen LogP contribution in [0.1, 0.15) is 17.1 Å². The topological polar surface area (TPSA) is 80.9 Å². The van der Waals surface area contributed by atoms with E-state index in [1.165, 1.54) is 0 Å². The smallest absolute Gasteiger partial charge is 0.261 e. The van der Waals surface area contributed by atoms with Crippen LogP contribution in [0.4, 0.5) is 0 Å². The average molecular weight is 393 g/mol. The van der Waals surface area contributed by atoms with E-state index in [1.54, 1.807) is 9.08 Å². The molecule has 0 amide bonds. The summed E-state index contributed by atoms with van der Waals surface area (Å²) in [6.07, 6.45) is 4.49. The first-order chi connectivity index (χ1) is 13.5. The van der Waals surface area contributed by atoms with E-state index in [0.717, 1.165) is 22.0 Å². The summed E-state index contributed by atoms with van der Waals surface area (Å²) >= 11 is 6.13. The molecule has 0 aliphatic rings. The van der Waals surface area contributed by atoms with Crippen molar-refractivity contribution in [3.05, 3.63) is 69.1 Å². The number of aromatic amines is 1. The van der Waals surface area contributed by atoms with Crippen molar-refractivity contribution in [1.29, 1.82) is 0 Å². The maximum Gasteiger partial charge on any atom is 0.261 e. The third-order valence-electron chi connectivity index (χ3n) is 5.05. The minimum atomic E-state index is -0.0737. The molecule has 0 atom stereocenters. The van der Waals surface area contributed by atoms with Gasteiger partial charge in [-0.05, 0) is 50.1 Å². The summed E-state index contributed by atoms with van der Waals surface area (Å²) in [6.45, 7) is 4.20. The molecule has 0 bridgehead atoms. The Morgan fingerprint density at radius 2 is 2.04 bits per heavy atom. The predicted octanol–water partition coefficient (Wildman–Crippen LogP) is 3.43. The van der Waals surface area contributed by atoms with Gasteiger partial charge in [0.2, 0.25) is 0 Å². The molecule has 28 heavy (non-hydrogen) atoms. The maximum atomic E-state index is 13.1. The van der Waals surface area contributed by atoms with Crippen molar-refractivity contribution >= 4 is 39.2 Å². The Morgan fingerprint density at radius 3 is 2.89 bits per heavy atom. The Balaban J connectivity index is 1.57. The summed E-state index contributed by atoms with van der Waals surface area (Å²) in [7, 11) is 0. The molecular formula is C20H17ClN6O. The Morgan fingerprint density at radius 1 is 1.18 bits per heavy atom. The zero-order chi connectivity index (χ0) is 19.4. The lowest BCUT2D eigenvalue weighted by atomic mass is 10.1. The fraction of sp³-hybridized carbons (Fsp3) is 0.200. The molecular weight excluding hydrogens is 376 g/mol. The monoisotopic (exact) mass is 392 g/mol. The normalized spacial score (nSPS) is 11.8. The number of benzene rings is 1. The second kappa shape index (κ2) is 6.17. The standard InChI is InChI=1S/C20H17ClN6O/c1-11-18-17(27-20(23-11)24-12(2)25-27)6-8-26(19(18)28)7-5-13-10-22-16-4-3-14(21)9-15(13)16/h3-4,6,8-10,22H,5,7H2,1-2H3. The molecule has 0 radical (unpaired) electrons. The number of aryl methyl sites for hydroxylation is 4. The molecule has 5 aromatic rings. The van der Waals surface area contributed by atoms with Crippen molar-refractivity contribution in [3.8, 4) is 0 Å². The number of hydrogen-bond donors (Lipinski definition) is 1. The highest BCUT2D eigenvalue weighted by Crippen LogP contribution is 2.23. The Hall–Kier alpha value is -3.19. The van der Waals surface area contributed by atoms with Crippen LogP contribution in [-0.4, -0.2) is 29.1 Å². The van der Waals surface area contributed by atoms with Crippen LogP contribution in [0.2, 0.25) is 5.02 Å². The molecule has 1 N–H and O–H groups in total. The van der Waals surface area contributed by atoms with E-state index < -0.39 is 0 Å². The van der Waals surface area contributed by atoms with Crippen molar-refractivity contribution in [2.45, 2.75) is 26.8 Å². The number of pyridine rings is 1. The molecule has 0 unspecified atom stereocenters. The number of H-pyrrole nitrogens is 1.